The molecule has 0 aliphatic carbocycles. The number of nitrogens with zero attached hydrogens (tertiary/aromatic N) is 1. The molecule has 0 atom stereocenters. The van der Waals surface area contributed by atoms with Gasteiger partial charge in [-0.1, -0.05) is 35.3 Å². The number of hydrogen-bond donors (Lipinski definition) is 1. The maximum Gasteiger partial charge on any atom is 0.240 e. The lowest BCUT2D eigenvalue weighted by Crippen LogP contribution is -2.40. The van der Waals surface area contributed by atoms with E-state index in [4.69, 9.17) is 23.2 Å². The molecule has 25 heavy (non-hydrogen) atoms. The number of carbonyl (C=O) groups excluding carboxylic acids is 1. The lowest BCUT2D eigenvalue weighted by Gasteiger charge is -2.24. The second-order valence-corrected chi connectivity index (χ2v) is 7.87. The second kappa shape index (κ2) is 8.03. The molecular formula is C16H15Cl2FN2O3S. The molecule has 9 heteroatoms. The van der Waals surface area contributed by atoms with E-state index in [0.29, 0.717) is 10.6 Å². The lowest BCUT2D eigenvalue weighted by atomic mass is 10.2. The molecule has 0 heterocycles. The number of amides is 1. The first-order valence-corrected chi connectivity index (χ1v) is 9.50. The zero-order valence-corrected chi connectivity index (χ0v) is 15.5. The third kappa shape index (κ3) is 5.07. The number of sulfonamides is 1. The van der Waals surface area contributed by atoms with Crippen molar-refractivity contribution in [3.63, 3.8) is 0 Å². The van der Waals surface area contributed by atoms with Crippen molar-refractivity contribution in [1.82, 2.24) is 5.32 Å². The van der Waals surface area contributed by atoms with Gasteiger partial charge in [0.2, 0.25) is 15.9 Å². The standard InChI is InChI=1S/C16H15Cl2FN2O3S/c1-20-16(22)9-21(13-4-2-3-12(19)8-13)25(23,24)10-11-5-6-14(17)15(18)7-11/h2-8H,9-10H2,1H3,(H,20,22). The summed E-state index contributed by atoms with van der Waals surface area (Å²) in [6.07, 6.45) is 0. The minimum atomic E-state index is -3.98. The molecule has 5 nitrogen and oxygen atoms in total. The van der Waals surface area contributed by atoms with Gasteiger partial charge in [0.1, 0.15) is 12.4 Å². The maximum absolute atomic E-state index is 13.5. The summed E-state index contributed by atoms with van der Waals surface area (Å²) in [4.78, 5) is 11.7. The van der Waals surface area contributed by atoms with Gasteiger partial charge in [-0.2, -0.15) is 0 Å². The molecule has 0 unspecified atom stereocenters. The van der Waals surface area contributed by atoms with Crippen molar-refractivity contribution in [2.24, 2.45) is 0 Å². The molecule has 0 bridgehead atoms. The molecule has 2 aromatic carbocycles. The molecule has 134 valence electrons. The minimum absolute atomic E-state index is 0.0589. The number of carbonyl (C=O) groups is 1. The highest BCUT2D eigenvalue weighted by atomic mass is 35.5. The Labute approximate surface area is 155 Å². The highest BCUT2D eigenvalue weighted by Gasteiger charge is 2.25. The Balaban J connectivity index is 2.40. The van der Waals surface area contributed by atoms with E-state index in [1.165, 1.54) is 43.4 Å². The van der Waals surface area contributed by atoms with Crippen LogP contribution in [0.5, 0.6) is 0 Å². The molecule has 0 radical (unpaired) electrons. The van der Waals surface area contributed by atoms with Crippen LogP contribution in [0.15, 0.2) is 42.5 Å². The van der Waals surface area contributed by atoms with Crippen LogP contribution in [0.25, 0.3) is 0 Å². The summed E-state index contributed by atoms with van der Waals surface area (Å²) in [5, 5.41) is 2.88. The van der Waals surface area contributed by atoms with Crippen LogP contribution < -0.4 is 9.62 Å². The van der Waals surface area contributed by atoms with Crippen LogP contribution in [0, 0.1) is 5.82 Å². The van der Waals surface area contributed by atoms with Gasteiger partial charge < -0.3 is 5.32 Å². The normalized spacial score (nSPS) is 11.2. The van der Waals surface area contributed by atoms with E-state index in [0.717, 1.165) is 10.4 Å². The molecule has 2 rings (SSSR count). The molecule has 0 saturated carbocycles. The van der Waals surface area contributed by atoms with Gasteiger partial charge in [-0.25, -0.2) is 12.8 Å². The fraction of sp³-hybridized carbons (Fsp3) is 0.188. The highest BCUT2D eigenvalue weighted by Crippen LogP contribution is 2.26. The van der Waals surface area contributed by atoms with Crippen molar-refractivity contribution in [1.29, 1.82) is 0 Å². The maximum atomic E-state index is 13.5. The van der Waals surface area contributed by atoms with Crippen LogP contribution >= 0.6 is 23.2 Å². The van der Waals surface area contributed by atoms with Crippen LogP contribution in [0.1, 0.15) is 5.56 Å². The summed E-state index contributed by atoms with van der Waals surface area (Å²) in [6, 6.07) is 9.47. The average Bonchev–Trinajstić information content (AvgIpc) is 2.55. The number of nitrogens with one attached hydrogen (secondary N) is 1. The van der Waals surface area contributed by atoms with Gasteiger partial charge in [-0.3, -0.25) is 9.10 Å². The fourth-order valence-electron chi connectivity index (χ4n) is 2.11. The molecule has 1 N–H and O–H groups in total. The Kier molecular flexibility index (Phi) is 6.26. The van der Waals surface area contributed by atoms with E-state index in [1.807, 2.05) is 0 Å². The summed E-state index contributed by atoms with van der Waals surface area (Å²) >= 11 is 11.7. The molecule has 2 aromatic rings. The van der Waals surface area contributed by atoms with E-state index in [9.17, 15) is 17.6 Å². The molecule has 0 aliphatic heterocycles. The molecule has 0 spiro atoms. The molecular weight excluding hydrogens is 390 g/mol. The summed E-state index contributed by atoms with van der Waals surface area (Å²) < 4.78 is 40.0. The Morgan fingerprint density at radius 1 is 1.16 bits per heavy atom. The van der Waals surface area contributed by atoms with Crippen molar-refractivity contribution < 1.29 is 17.6 Å². The zero-order chi connectivity index (χ0) is 18.6. The van der Waals surface area contributed by atoms with Gasteiger partial charge in [-0.15, -0.1) is 0 Å². The molecule has 0 fully saturated rings. The summed E-state index contributed by atoms with van der Waals surface area (Å²) in [5.41, 5.74) is 0.455. The van der Waals surface area contributed by atoms with Crippen molar-refractivity contribution in [2.75, 3.05) is 17.9 Å². The first-order chi connectivity index (χ1) is 11.7. The van der Waals surface area contributed by atoms with Crippen molar-refractivity contribution in [3.8, 4) is 0 Å². The van der Waals surface area contributed by atoms with Crippen LogP contribution in [-0.2, 0) is 20.6 Å². The molecule has 1 amide bonds. The number of rotatable bonds is 6. The monoisotopic (exact) mass is 404 g/mol. The summed E-state index contributed by atoms with van der Waals surface area (Å²) in [6.45, 7) is -0.469. The van der Waals surface area contributed by atoms with Crippen LogP contribution in [0.4, 0.5) is 10.1 Å². The smallest absolute Gasteiger partial charge is 0.240 e. The lowest BCUT2D eigenvalue weighted by molar-refractivity contribution is -0.119. The van der Waals surface area contributed by atoms with Crippen molar-refractivity contribution in [3.05, 3.63) is 63.9 Å². The summed E-state index contributed by atoms with van der Waals surface area (Å²) in [7, 11) is -2.59. The van der Waals surface area contributed by atoms with E-state index < -0.39 is 34.0 Å². The van der Waals surface area contributed by atoms with Gasteiger partial charge in [0, 0.05) is 7.05 Å². The quantitative estimate of drug-likeness (QED) is 0.803. The summed E-state index contributed by atoms with van der Waals surface area (Å²) in [5.74, 6) is -1.55. The van der Waals surface area contributed by atoms with Gasteiger partial charge >= 0.3 is 0 Å². The fourth-order valence-corrected chi connectivity index (χ4v) is 3.93. The molecule has 0 saturated heterocycles. The Morgan fingerprint density at radius 3 is 2.48 bits per heavy atom. The minimum Gasteiger partial charge on any atom is -0.358 e. The van der Waals surface area contributed by atoms with Gasteiger partial charge in [-0.05, 0) is 35.9 Å². The average molecular weight is 405 g/mol. The van der Waals surface area contributed by atoms with E-state index in [1.54, 1.807) is 0 Å². The zero-order valence-electron chi connectivity index (χ0n) is 13.2. The van der Waals surface area contributed by atoms with E-state index >= 15 is 0 Å². The Morgan fingerprint density at radius 2 is 1.88 bits per heavy atom. The largest absolute Gasteiger partial charge is 0.358 e. The number of halogens is 3. The van der Waals surface area contributed by atoms with Crippen LogP contribution in [-0.4, -0.2) is 27.9 Å². The predicted molar refractivity (Wildman–Crippen MR) is 96.9 cm³/mol. The van der Waals surface area contributed by atoms with Gasteiger partial charge in [0.25, 0.3) is 0 Å². The Bertz CT molecular complexity index is 891. The van der Waals surface area contributed by atoms with E-state index in [2.05, 4.69) is 5.32 Å². The SMILES string of the molecule is CNC(=O)CN(c1cccc(F)c1)S(=O)(=O)Cc1ccc(Cl)c(Cl)c1. The number of hydrogen-bond acceptors (Lipinski definition) is 3. The topological polar surface area (TPSA) is 66.5 Å². The third-order valence-corrected chi connectivity index (χ3v) is 5.78. The Hall–Kier alpha value is -1.83. The van der Waals surface area contributed by atoms with Crippen LogP contribution in [0.3, 0.4) is 0 Å². The van der Waals surface area contributed by atoms with Gasteiger partial charge in [0.05, 0.1) is 21.5 Å². The van der Waals surface area contributed by atoms with Crippen molar-refractivity contribution in [2.45, 2.75) is 5.75 Å². The second-order valence-electron chi connectivity index (χ2n) is 5.16. The number of benzene rings is 2. The first kappa shape index (κ1) is 19.5. The third-order valence-electron chi connectivity index (χ3n) is 3.33. The molecule has 0 aliphatic rings. The van der Waals surface area contributed by atoms with E-state index in [-0.39, 0.29) is 10.7 Å². The van der Waals surface area contributed by atoms with Gasteiger partial charge in [0.15, 0.2) is 0 Å². The predicted octanol–water partition coefficient (Wildman–Crippen LogP) is 3.21. The highest BCUT2D eigenvalue weighted by molar-refractivity contribution is 7.92. The molecule has 0 aromatic heterocycles. The van der Waals surface area contributed by atoms with Crippen molar-refractivity contribution >= 4 is 44.8 Å². The van der Waals surface area contributed by atoms with Crippen LogP contribution in [0.2, 0.25) is 10.0 Å². The number of likely N-dealkylation sites (N-methyl/N-ethyl adjacent to an activating group) is 1. The first-order valence-electron chi connectivity index (χ1n) is 7.13. The number of anilines is 1.